The molecule has 1 unspecified atom stereocenters. The average molecular weight is 672 g/mol. The SMILES string of the molecule is CC1(C)CC(CCCCn2ccc(S(=O)(=O)NC(=O)c3ccc(-n4ccc(OCCCC5(C(F)(F)F)CC5)n4)nc3Cl)n2)CN1. The first-order valence-electron chi connectivity index (χ1n) is 14.9. The molecule has 2 aliphatic rings. The van der Waals surface area contributed by atoms with Gasteiger partial charge in [-0.05, 0) is 89.5 Å². The average Bonchev–Trinajstić information content (AvgIpc) is 3.26. The van der Waals surface area contributed by atoms with Crippen LogP contribution in [0.1, 0.15) is 75.6 Å². The minimum atomic E-state index is -4.27. The smallest absolute Gasteiger partial charge is 0.394 e. The summed E-state index contributed by atoms with van der Waals surface area (Å²) < 4.78 is 75.3. The van der Waals surface area contributed by atoms with Crippen LogP contribution in [0.2, 0.25) is 5.15 Å². The summed E-state index contributed by atoms with van der Waals surface area (Å²) in [4.78, 5) is 16.9. The number of nitrogens with one attached hydrogen (secondary N) is 2. The van der Waals surface area contributed by atoms with Crippen molar-refractivity contribution >= 4 is 27.5 Å². The van der Waals surface area contributed by atoms with E-state index >= 15 is 0 Å². The zero-order valence-electron chi connectivity index (χ0n) is 25.1. The van der Waals surface area contributed by atoms with Crippen LogP contribution in [-0.4, -0.2) is 63.7 Å². The largest absolute Gasteiger partial charge is 0.477 e. The number of alkyl halides is 3. The Bertz CT molecular complexity index is 1620. The molecule has 0 bridgehead atoms. The fourth-order valence-electron chi connectivity index (χ4n) is 5.68. The van der Waals surface area contributed by atoms with Gasteiger partial charge in [-0.3, -0.25) is 9.48 Å². The predicted octanol–water partition coefficient (Wildman–Crippen LogP) is 5.30. The molecule has 16 heteroatoms. The number of unbranched alkanes of at least 4 members (excludes halogenated alkanes) is 1. The highest BCUT2D eigenvalue weighted by Crippen LogP contribution is 2.60. The molecule has 2 N–H and O–H groups in total. The number of carbonyl (C=O) groups is 1. The van der Waals surface area contributed by atoms with Gasteiger partial charge >= 0.3 is 6.18 Å². The highest BCUT2D eigenvalue weighted by molar-refractivity contribution is 7.90. The monoisotopic (exact) mass is 671 g/mol. The Labute approximate surface area is 264 Å². The minimum Gasteiger partial charge on any atom is -0.477 e. The quantitative estimate of drug-likeness (QED) is 0.174. The van der Waals surface area contributed by atoms with Crippen LogP contribution in [0.25, 0.3) is 5.82 Å². The number of hydrogen-bond donors (Lipinski definition) is 2. The van der Waals surface area contributed by atoms with Gasteiger partial charge in [-0.25, -0.2) is 14.4 Å². The van der Waals surface area contributed by atoms with E-state index in [4.69, 9.17) is 16.3 Å². The van der Waals surface area contributed by atoms with E-state index in [-0.39, 0.29) is 65.3 Å². The molecule has 1 saturated heterocycles. The number of halogens is 4. The fraction of sp³-hybridized carbons (Fsp3) is 0.586. The van der Waals surface area contributed by atoms with Gasteiger partial charge in [0.2, 0.25) is 5.88 Å². The Morgan fingerprint density at radius 2 is 1.91 bits per heavy atom. The van der Waals surface area contributed by atoms with Crippen molar-refractivity contribution in [2.75, 3.05) is 13.2 Å². The normalized spacial score (nSPS) is 19.0. The van der Waals surface area contributed by atoms with E-state index < -0.39 is 27.5 Å². The number of aryl methyl sites for hydroxylation is 1. The van der Waals surface area contributed by atoms with Crippen LogP contribution in [0.5, 0.6) is 5.88 Å². The van der Waals surface area contributed by atoms with Gasteiger partial charge in [0.1, 0.15) is 5.15 Å². The summed E-state index contributed by atoms with van der Waals surface area (Å²) in [7, 11) is -4.27. The molecule has 0 radical (unpaired) electrons. The van der Waals surface area contributed by atoms with Crippen LogP contribution in [0.3, 0.4) is 0 Å². The number of aromatic nitrogens is 5. The molecule has 1 aliphatic heterocycles. The number of carbonyl (C=O) groups excluding carboxylic acids is 1. The summed E-state index contributed by atoms with van der Waals surface area (Å²) in [5.74, 6) is 0.0675. The first kappa shape index (κ1) is 33.2. The number of ether oxygens (including phenoxy) is 1. The second kappa shape index (κ2) is 12.9. The molecular formula is C29H37ClF3N7O4S. The fourth-order valence-corrected chi connectivity index (χ4v) is 6.83. The van der Waals surface area contributed by atoms with Crippen LogP contribution in [0.4, 0.5) is 13.2 Å². The summed E-state index contributed by atoms with van der Waals surface area (Å²) in [6.45, 7) is 6.05. The number of sulfonamides is 1. The van der Waals surface area contributed by atoms with Crippen LogP contribution in [0.15, 0.2) is 41.7 Å². The van der Waals surface area contributed by atoms with Gasteiger partial charge in [0.25, 0.3) is 15.9 Å². The van der Waals surface area contributed by atoms with Crippen LogP contribution < -0.4 is 14.8 Å². The molecule has 1 saturated carbocycles. The zero-order valence-corrected chi connectivity index (χ0v) is 26.7. The number of hydrogen-bond acceptors (Lipinski definition) is 8. The second-order valence-electron chi connectivity index (χ2n) is 12.5. The van der Waals surface area contributed by atoms with Crippen molar-refractivity contribution in [2.45, 2.75) is 88.5 Å². The Hall–Kier alpha value is -3.17. The standard InChI is InChI=1S/C29H37ClF3N7O4S/c1-27(2)18-20(19-34-27)6-3-4-14-39-15-10-24(37-39)45(42,43)38-26(41)21-7-8-22(35-25(21)30)40-16-9-23(36-40)44-17-5-11-28(12-13-28)29(31,32)33/h7-10,15-16,20,34H,3-6,11-14,17-19H2,1-2H3,(H,38,41). The lowest BCUT2D eigenvalue weighted by Gasteiger charge is -2.18. The van der Waals surface area contributed by atoms with Gasteiger partial charge < -0.3 is 10.1 Å². The van der Waals surface area contributed by atoms with Crippen molar-refractivity contribution in [2.24, 2.45) is 11.3 Å². The highest BCUT2D eigenvalue weighted by atomic mass is 35.5. The topological polar surface area (TPSA) is 133 Å². The van der Waals surface area contributed by atoms with E-state index in [1.54, 1.807) is 10.9 Å². The second-order valence-corrected chi connectivity index (χ2v) is 14.5. The first-order valence-corrected chi connectivity index (χ1v) is 16.8. The third-order valence-corrected chi connectivity index (χ3v) is 9.93. The van der Waals surface area contributed by atoms with Crippen molar-refractivity contribution in [3.05, 3.63) is 47.4 Å². The molecule has 0 spiro atoms. The van der Waals surface area contributed by atoms with Crippen molar-refractivity contribution in [3.8, 4) is 11.7 Å². The summed E-state index contributed by atoms with van der Waals surface area (Å²) in [5.41, 5.74) is -1.57. The lowest BCUT2D eigenvalue weighted by molar-refractivity contribution is -0.189. The molecule has 2 fully saturated rings. The van der Waals surface area contributed by atoms with Crippen LogP contribution in [0, 0.1) is 11.3 Å². The molecule has 4 heterocycles. The Morgan fingerprint density at radius 1 is 1.13 bits per heavy atom. The Balaban J connectivity index is 1.10. The molecule has 3 aromatic heterocycles. The van der Waals surface area contributed by atoms with Crippen molar-refractivity contribution in [1.29, 1.82) is 0 Å². The molecule has 3 aromatic rings. The molecule has 246 valence electrons. The first-order chi connectivity index (χ1) is 21.2. The molecular weight excluding hydrogens is 635 g/mol. The maximum Gasteiger partial charge on any atom is 0.394 e. The lowest BCUT2D eigenvalue weighted by atomic mass is 9.93. The number of pyridine rings is 1. The van der Waals surface area contributed by atoms with E-state index in [0.717, 1.165) is 32.2 Å². The molecule has 0 aromatic carbocycles. The van der Waals surface area contributed by atoms with Gasteiger partial charge in [-0.15, -0.1) is 5.10 Å². The number of amides is 1. The van der Waals surface area contributed by atoms with Crippen molar-refractivity contribution < 1.29 is 31.1 Å². The van der Waals surface area contributed by atoms with Gasteiger partial charge in [0.15, 0.2) is 10.8 Å². The third kappa shape index (κ3) is 8.17. The van der Waals surface area contributed by atoms with Gasteiger partial charge in [-0.2, -0.15) is 26.7 Å². The molecule has 5 rings (SSSR count). The highest BCUT2D eigenvalue weighted by Gasteiger charge is 2.62. The summed E-state index contributed by atoms with van der Waals surface area (Å²) in [6, 6.07) is 5.58. The number of rotatable bonds is 14. The maximum atomic E-state index is 13.1. The van der Waals surface area contributed by atoms with E-state index in [9.17, 15) is 26.4 Å². The molecule has 11 nitrogen and oxygen atoms in total. The van der Waals surface area contributed by atoms with Crippen LogP contribution in [-0.2, 0) is 16.6 Å². The third-order valence-electron chi connectivity index (χ3n) is 8.42. The maximum absolute atomic E-state index is 13.1. The summed E-state index contributed by atoms with van der Waals surface area (Å²) in [5, 5.41) is 11.3. The van der Waals surface area contributed by atoms with E-state index in [1.165, 1.54) is 35.1 Å². The van der Waals surface area contributed by atoms with Gasteiger partial charge in [0, 0.05) is 30.5 Å². The Kier molecular flexibility index (Phi) is 9.53. The van der Waals surface area contributed by atoms with Crippen molar-refractivity contribution in [3.63, 3.8) is 0 Å². The molecule has 1 amide bonds. The van der Waals surface area contributed by atoms with Crippen LogP contribution >= 0.6 is 11.6 Å². The number of nitrogens with zero attached hydrogens (tertiary/aromatic N) is 5. The Morgan fingerprint density at radius 3 is 2.58 bits per heavy atom. The molecule has 1 aliphatic carbocycles. The minimum absolute atomic E-state index is 0.00688. The van der Waals surface area contributed by atoms with E-state index in [0.29, 0.717) is 12.5 Å². The zero-order chi connectivity index (χ0) is 32.5. The van der Waals surface area contributed by atoms with Gasteiger partial charge in [-0.1, -0.05) is 18.0 Å². The molecule has 45 heavy (non-hydrogen) atoms. The van der Waals surface area contributed by atoms with Gasteiger partial charge in [0.05, 0.1) is 17.6 Å². The molecule has 1 atom stereocenters. The van der Waals surface area contributed by atoms with E-state index in [1.807, 2.05) is 4.72 Å². The van der Waals surface area contributed by atoms with Crippen molar-refractivity contribution in [1.82, 2.24) is 34.6 Å². The van der Waals surface area contributed by atoms with E-state index in [2.05, 4.69) is 34.3 Å². The predicted molar refractivity (Wildman–Crippen MR) is 160 cm³/mol. The lowest BCUT2D eigenvalue weighted by Crippen LogP contribution is -2.31. The summed E-state index contributed by atoms with van der Waals surface area (Å²) >= 11 is 6.23. The summed E-state index contributed by atoms with van der Waals surface area (Å²) in [6.07, 6.45) is 3.52.